The van der Waals surface area contributed by atoms with Crippen LogP contribution >= 0.6 is 11.6 Å². The van der Waals surface area contributed by atoms with Crippen LogP contribution in [0.4, 0.5) is 5.69 Å². The molecule has 2 aromatic carbocycles. The Bertz CT molecular complexity index is 1690. The van der Waals surface area contributed by atoms with Crippen LogP contribution in [0.25, 0.3) is 11.3 Å². The van der Waals surface area contributed by atoms with Gasteiger partial charge < -0.3 is 19.9 Å². The van der Waals surface area contributed by atoms with Gasteiger partial charge in [-0.3, -0.25) is 19.2 Å². The lowest BCUT2D eigenvalue weighted by Crippen LogP contribution is -2.56. The molecule has 2 amide bonds. The fraction of sp³-hybridized carbons (Fsp3) is 0.324. The first-order chi connectivity index (χ1) is 21.3. The highest BCUT2D eigenvalue weighted by atomic mass is 35.5. The normalized spacial score (nSPS) is 18.9. The Morgan fingerprint density at radius 3 is 2.70 bits per heavy atom. The van der Waals surface area contributed by atoms with Crippen molar-refractivity contribution >= 4 is 29.1 Å². The van der Waals surface area contributed by atoms with Gasteiger partial charge in [0.1, 0.15) is 23.2 Å². The number of allylic oxidation sites excluding steroid dienone is 3. The van der Waals surface area contributed by atoms with Gasteiger partial charge >= 0.3 is 0 Å². The SMILES string of the molecule is Cn1cc(C#Cc2ccc(NC(=O)C3COC4(CCOCC4)N3C(=O)CC3=CC=CCC3)cc2)c(-c2cc(Cl)ccc2O)n1. The van der Waals surface area contributed by atoms with Crippen molar-refractivity contribution < 1.29 is 24.2 Å². The summed E-state index contributed by atoms with van der Waals surface area (Å²) in [6.07, 6.45) is 10.9. The molecule has 2 N–H and O–H groups in total. The van der Waals surface area contributed by atoms with Crippen molar-refractivity contribution in [3.63, 3.8) is 0 Å². The highest BCUT2D eigenvalue weighted by Crippen LogP contribution is 2.38. The summed E-state index contributed by atoms with van der Waals surface area (Å²) in [7, 11) is 1.78. The Morgan fingerprint density at radius 1 is 1.16 bits per heavy atom. The zero-order chi connectivity index (χ0) is 30.7. The number of phenolic OH excluding ortho intramolecular Hbond substituents is 1. The lowest BCUT2D eigenvalue weighted by molar-refractivity contribution is -0.169. The van der Waals surface area contributed by atoms with Crippen LogP contribution < -0.4 is 5.32 Å². The van der Waals surface area contributed by atoms with Crippen molar-refractivity contribution in [1.29, 1.82) is 0 Å². The fourth-order valence-corrected chi connectivity index (χ4v) is 6.06. The van der Waals surface area contributed by atoms with Gasteiger partial charge in [-0.2, -0.15) is 5.10 Å². The molecule has 44 heavy (non-hydrogen) atoms. The number of aromatic hydroxyl groups is 1. The molecular weight excluding hydrogens is 580 g/mol. The van der Waals surface area contributed by atoms with E-state index in [2.05, 4.69) is 28.3 Å². The number of benzene rings is 2. The van der Waals surface area contributed by atoms with E-state index in [1.54, 1.807) is 47.1 Å². The van der Waals surface area contributed by atoms with E-state index in [0.717, 1.165) is 24.0 Å². The molecule has 1 aliphatic carbocycles. The van der Waals surface area contributed by atoms with Crippen LogP contribution in [0.1, 0.15) is 43.2 Å². The van der Waals surface area contributed by atoms with E-state index in [1.807, 2.05) is 24.3 Å². The number of hydrogen-bond acceptors (Lipinski definition) is 6. The van der Waals surface area contributed by atoms with E-state index < -0.39 is 11.8 Å². The summed E-state index contributed by atoms with van der Waals surface area (Å²) in [5.41, 5.74) is 3.21. The summed E-state index contributed by atoms with van der Waals surface area (Å²) >= 11 is 6.14. The summed E-state index contributed by atoms with van der Waals surface area (Å²) in [6.45, 7) is 1.09. The van der Waals surface area contributed by atoms with Crippen LogP contribution in [0.15, 0.2) is 72.5 Å². The molecule has 0 radical (unpaired) electrons. The Labute approximate surface area is 261 Å². The highest BCUT2D eigenvalue weighted by Gasteiger charge is 2.53. The zero-order valence-electron chi connectivity index (χ0n) is 24.4. The number of amides is 2. The van der Waals surface area contributed by atoms with Crippen LogP contribution in [0, 0.1) is 11.8 Å². The van der Waals surface area contributed by atoms with Gasteiger partial charge in [0, 0.05) is 54.3 Å². The average molecular weight is 613 g/mol. The number of phenols is 1. The Kier molecular flexibility index (Phi) is 8.58. The molecule has 3 aliphatic rings. The molecule has 3 heterocycles. The highest BCUT2D eigenvalue weighted by molar-refractivity contribution is 6.31. The number of carbonyl (C=O) groups excluding carboxylic acids is 2. The second-order valence-corrected chi connectivity index (χ2v) is 11.6. The second-order valence-electron chi connectivity index (χ2n) is 11.2. The number of hydrogen-bond donors (Lipinski definition) is 2. The molecule has 226 valence electrons. The van der Waals surface area contributed by atoms with Gasteiger partial charge in [0.2, 0.25) is 11.8 Å². The third-order valence-electron chi connectivity index (χ3n) is 8.12. The van der Waals surface area contributed by atoms with Crippen LogP contribution in [-0.2, 0) is 26.1 Å². The monoisotopic (exact) mass is 612 g/mol. The third-order valence-corrected chi connectivity index (χ3v) is 8.36. The van der Waals surface area contributed by atoms with Crippen molar-refractivity contribution in [2.45, 2.75) is 43.9 Å². The van der Waals surface area contributed by atoms with Crippen molar-refractivity contribution in [2.75, 3.05) is 25.1 Å². The number of halogens is 1. The number of ether oxygens (including phenoxy) is 2. The van der Waals surface area contributed by atoms with Gasteiger partial charge in [-0.1, -0.05) is 47.2 Å². The molecular formula is C34H33ClN4O5. The number of rotatable bonds is 5. The first kappa shape index (κ1) is 29.7. The summed E-state index contributed by atoms with van der Waals surface area (Å²) in [4.78, 5) is 28.9. The van der Waals surface area contributed by atoms with Crippen molar-refractivity contribution in [1.82, 2.24) is 14.7 Å². The van der Waals surface area contributed by atoms with Gasteiger partial charge in [0.25, 0.3) is 0 Å². The quantitative estimate of drug-likeness (QED) is 0.385. The molecule has 3 aromatic rings. The largest absolute Gasteiger partial charge is 0.507 e. The minimum atomic E-state index is -0.825. The summed E-state index contributed by atoms with van der Waals surface area (Å²) < 4.78 is 13.4. The molecule has 1 spiro atoms. The standard InChI is InChI=1S/C34H33ClN4O5/c1-38-21-25(32(37-38)28-20-26(35)11-14-30(28)40)10-7-23-8-12-27(13-9-23)36-33(42)29-22-44-34(15-17-43-18-16-34)39(29)31(41)19-24-5-3-2-4-6-24/h2-3,5,8-9,11-14,20-21,29,40H,4,6,15-19,22H2,1H3,(H,36,42). The molecule has 1 unspecified atom stereocenters. The molecule has 1 atom stereocenters. The molecule has 6 rings (SSSR count). The van der Waals surface area contributed by atoms with Crippen LogP contribution in [0.2, 0.25) is 5.02 Å². The maximum Gasteiger partial charge on any atom is 0.249 e. The number of aromatic nitrogens is 2. The van der Waals surface area contributed by atoms with Crippen LogP contribution in [-0.4, -0.2) is 63.2 Å². The minimum absolute atomic E-state index is 0.0649. The van der Waals surface area contributed by atoms with Gasteiger partial charge in [-0.05, 0) is 55.3 Å². The Hall–Kier alpha value is -4.36. The van der Waals surface area contributed by atoms with E-state index in [9.17, 15) is 14.7 Å². The first-order valence-electron chi connectivity index (χ1n) is 14.7. The molecule has 10 heteroatoms. The fourth-order valence-electron chi connectivity index (χ4n) is 5.89. The van der Waals surface area contributed by atoms with Crippen LogP contribution in [0.5, 0.6) is 5.75 Å². The van der Waals surface area contributed by atoms with E-state index in [0.29, 0.717) is 53.6 Å². The Morgan fingerprint density at radius 2 is 1.95 bits per heavy atom. The number of anilines is 1. The molecule has 0 saturated carbocycles. The summed E-state index contributed by atoms with van der Waals surface area (Å²) in [5.74, 6) is 5.93. The minimum Gasteiger partial charge on any atom is -0.507 e. The van der Waals surface area contributed by atoms with Gasteiger partial charge in [0.15, 0.2) is 0 Å². The van der Waals surface area contributed by atoms with Gasteiger partial charge in [-0.25, -0.2) is 0 Å². The van der Waals surface area contributed by atoms with E-state index in [-0.39, 0.29) is 30.6 Å². The maximum atomic E-state index is 13.7. The van der Waals surface area contributed by atoms with Gasteiger partial charge in [-0.15, -0.1) is 0 Å². The number of aryl methyl sites for hydroxylation is 1. The zero-order valence-corrected chi connectivity index (χ0v) is 25.1. The van der Waals surface area contributed by atoms with Crippen molar-refractivity contribution in [2.24, 2.45) is 7.05 Å². The van der Waals surface area contributed by atoms with E-state index in [4.69, 9.17) is 21.1 Å². The molecule has 0 bridgehead atoms. The molecule has 1 aromatic heterocycles. The van der Waals surface area contributed by atoms with E-state index in [1.165, 1.54) is 6.07 Å². The smallest absolute Gasteiger partial charge is 0.249 e. The lowest BCUT2D eigenvalue weighted by atomic mass is 9.97. The maximum absolute atomic E-state index is 13.7. The van der Waals surface area contributed by atoms with E-state index >= 15 is 0 Å². The van der Waals surface area contributed by atoms with Crippen LogP contribution in [0.3, 0.4) is 0 Å². The number of carbonyl (C=O) groups is 2. The molecule has 2 fully saturated rings. The first-order valence-corrected chi connectivity index (χ1v) is 15.0. The van der Waals surface area contributed by atoms with Crippen molar-refractivity contribution in [3.8, 4) is 28.8 Å². The lowest BCUT2D eigenvalue weighted by Gasteiger charge is -2.41. The summed E-state index contributed by atoms with van der Waals surface area (Å²) in [6, 6.07) is 11.2. The third kappa shape index (κ3) is 6.29. The van der Waals surface area contributed by atoms with Crippen molar-refractivity contribution in [3.05, 3.63) is 88.6 Å². The molecule has 2 aliphatic heterocycles. The topological polar surface area (TPSA) is 106 Å². The average Bonchev–Trinajstić information content (AvgIpc) is 3.58. The molecule has 2 saturated heterocycles. The summed E-state index contributed by atoms with van der Waals surface area (Å²) in [5, 5.41) is 18.3. The Balaban J connectivity index is 1.17. The second kappa shape index (κ2) is 12.7. The predicted octanol–water partition coefficient (Wildman–Crippen LogP) is 5.19. The molecule has 9 nitrogen and oxygen atoms in total. The predicted molar refractivity (Wildman–Crippen MR) is 167 cm³/mol. The number of nitrogens with zero attached hydrogens (tertiary/aromatic N) is 3. The number of nitrogens with one attached hydrogen (secondary N) is 1. The van der Waals surface area contributed by atoms with Gasteiger partial charge in [0.05, 0.1) is 25.4 Å².